The molecule has 1 atom stereocenters. The van der Waals surface area contributed by atoms with Crippen LogP contribution in [0.25, 0.3) is 11.0 Å². The van der Waals surface area contributed by atoms with Crippen molar-refractivity contribution in [3.63, 3.8) is 0 Å². The third-order valence-corrected chi connectivity index (χ3v) is 7.95. The van der Waals surface area contributed by atoms with Crippen molar-refractivity contribution in [2.24, 2.45) is 0 Å². The fourth-order valence-corrected chi connectivity index (χ4v) is 5.77. The van der Waals surface area contributed by atoms with Gasteiger partial charge in [-0.2, -0.15) is 0 Å². The lowest BCUT2D eigenvalue weighted by atomic mass is 9.98. The fraction of sp³-hybridized carbons (Fsp3) is 0.194. The molecule has 2 aromatic heterocycles. The molecular formula is C31H25FN2O5S. The van der Waals surface area contributed by atoms with Crippen molar-refractivity contribution < 1.29 is 23.1 Å². The van der Waals surface area contributed by atoms with Crippen LogP contribution >= 0.6 is 11.3 Å². The van der Waals surface area contributed by atoms with Crippen molar-refractivity contribution in [1.82, 2.24) is 4.98 Å². The van der Waals surface area contributed by atoms with Gasteiger partial charge in [0.15, 0.2) is 22.1 Å². The number of hydrogen-bond acceptors (Lipinski definition) is 7. The van der Waals surface area contributed by atoms with E-state index >= 15 is 0 Å². The number of halogens is 1. The number of aryl methyl sites for hydroxylation is 2. The van der Waals surface area contributed by atoms with E-state index in [9.17, 15) is 14.0 Å². The Kier molecular flexibility index (Phi) is 6.59. The van der Waals surface area contributed by atoms with Crippen molar-refractivity contribution in [3.8, 4) is 11.5 Å². The van der Waals surface area contributed by atoms with Gasteiger partial charge in [0.25, 0.3) is 5.91 Å². The summed E-state index contributed by atoms with van der Waals surface area (Å²) in [5, 5.41) is 0.506. The first kappa shape index (κ1) is 25.8. The molecule has 1 amide bonds. The molecule has 0 radical (unpaired) electrons. The SMILES string of the molecule is CCOc1cc(C2c3c(oc4ccc(F)cc4c3=O)C(=O)N2c2nc(C)c(C)s2)ccc1OCc1ccccc1. The Bertz CT molecular complexity index is 1800. The van der Waals surface area contributed by atoms with E-state index in [-0.39, 0.29) is 22.3 Å². The number of hydrogen-bond donors (Lipinski definition) is 0. The molecule has 9 heteroatoms. The van der Waals surface area contributed by atoms with E-state index in [1.807, 2.05) is 51.1 Å². The maximum atomic E-state index is 14.1. The zero-order chi connectivity index (χ0) is 28.0. The monoisotopic (exact) mass is 556 g/mol. The highest BCUT2D eigenvalue weighted by Crippen LogP contribution is 2.44. The van der Waals surface area contributed by atoms with Crippen molar-refractivity contribution in [3.05, 3.63) is 116 Å². The van der Waals surface area contributed by atoms with Crippen LogP contribution in [0.1, 0.15) is 50.8 Å². The van der Waals surface area contributed by atoms with E-state index in [1.54, 1.807) is 18.2 Å². The number of benzene rings is 3. The summed E-state index contributed by atoms with van der Waals surface area (Å²) in [6.07, 6.45) is 0. The molecule has 1 aliphatic heterocycles. The number of thiazole rings is 1. The zero-order valence-corrected chi connectivity index (χ0v) is 22.9. The van der Waals surface area contributed by atoms with Gasteiger partial charge in [-0.05, 0) is 62.2 Å². The summed E-state index contributed by atoms with van der Waals surface area (Å²) in [7, 11) is 0. The summed E-state index contributed by atoms with van der Waals surface area (Å²) < 4.78 is 32.1. The van der Waals surface area contributed by atoms with Crippen LogP contribution in [-0.2, 0) is 6.61 Å². The van der Waals surface area contributed by atoms with Gasteiger partial charge in [-0.25, -0.2) is 9.37 Å². The quantitative estimate of drug-likeness (QED) is 0.221. The van der Waals surface area contributed by atoms with Gasteiger partial charge in [0.2, 0.25) is 5.76 Å². The maximum absolute atomic E-state index is 14.1. The van der Waals surface area contributed by atoms with Gasteiger partial charge in [0.1, 0.15) is 18.0 Å². The Balaban J connectivity index is 1.51. The van der Waals surface area contributed by atoms with Gasteiger partial charge < -0.3 is 13.9 Å². The largest absolute Gasteiger partial charge is 0.490 e. The molecule has 0 saturated heterocycles. The summed E-state index contributed by atoms with van der Waals surface area (Å²) in [6, 6.07) is 17.9. The Hall–Kier alpha value is -4.50. The number of rotatable bonds is 7. The van der Waals surface area contributed by atoms with Crippen LogP contribution in [0.4, 0.5) is 9.52 Å². The predicted octanol–water partition coefficient (Wildman–Crippen LogP) is 6.73. The van der Waals surface area contributed by atoms with Gasteiger partial charge in [-0.1, -0.05) is 36.4 Å². The molecule has 7 nitrogen and oxygen atoms in total. The summed E-state index contributed by atoms with van der Waals surface area (Å²) in [5.74, 6) is -0.137. The number of carbonyl (C=O) groups is 1. The maximum Gasteiger partial charge on any atom is 0.297 e. The summed E-state index contributed by atoms with van der Waals surface area (Å²) in [4.78, 5) is 34.7. The third-order valence-electron chi connectivity index (χ3n) is 6.88. The number of aromatic nitrogens is 1. The van der Waals surface area contributed by atoms with Crippen LogP contribution in [0, 0.1) is 19.7 Å². The van der Waals surface area contributed by atoms with Crippen LogP contribution < -0.4 is 19.8 Å². The molecule has 0 bridgehead atoms. The number of fused-ring (bicyclic) bond motifs is 2. The molecule has 202 valence electrons. The van der Waals surface area contributed by atoms with Crippen molar-refractivity contribution >= 4 is 33.3 Å². The van der Waals surface area contributed by atoms with Gasteiger partial charge in [0.05, 0.1) is 29.3 Å². The Labute approximate surface area is 233 Å². The predicted molar refractivity (Wildman–Crippen MR) is 151 cm³/mol. The molecule has 1 aliphatic rings. The minimum absolute atomic E-state index is 0.0674. The number of carbonyl (C=O) groups excluding carboxylic acids is 1. The van der Waals surface area contributed by atoms with E-state index in [0.717, 1.165) is 22.2 Å². The molecule has 0 saturated carbocycles. The molecule has 5 aromatic rings. The molecule has 0 aliphatic carbocycles. The van der Waals surface area contributed by atoms with Crippen LogP contribution in [0.2, 0.25) is 0 Å². The Morgan fingerprint density at radius 3 is 2.52 bits per heavy atom. The average molecular weight is 557 g/mol. The fourth-order valence-electron chi connectivity index (χ4n) is 4.83. The van der Waals surface area contributed by atoms with Crippen molar-refractivity contribution in [2.45, 2.75) is 33.4 Å². The van der Waals surface area contributed by atoms with Crippen LogP contribution in [0.5, 0.6) is 11.5 Å². The van der Waals surface area contributed by atoms with E-state index in [0.29, 0.717) is 35.4 Å². The number of nitrogens with zero attached hydrogens (tertiary/aromatic N) is 2. The normalized spacial score (nSPS) is 14.6. The second-order valence-electron chi connectivity index (χ2n) is 9.44. The van der Waals surface area contributed by atoms with Gasteiger partial charge in [0, 0.05) is 4.88 Å². The first-order valence-corrected chi connectivity index (χ1v) is 13.6. The van der Waals surface area contributed by atoms with E-state index < -0.39 is 23.2 Å². The highest BCUT2D eigenvalue weighted by molar-refractivity contribution is 7.15. The van der Waals surface area contributed by atoms with Gasteiger partial charge in [-0.15, -0.1) is 11.3 Å². The van der Waals surface area contributed by atoms with Gasteiger partial charge >= 0.3 is 0 Å². The first-order chi connectivity index (χ1) is 19.4. The highest BCUT2D eigenvalue weighted by Gasteiger charge is 2.45. The smallest absolute Gasteiger partial charge is 0.297 e. The summed E-state index contributed by atoms with van der Waals surface area (Å²) in [6.45, 7) is 6.38. The highest BCUT2D eigenvalue weighted by atomic mass is 32.1. The molecule has 0 fully saturated rings. The third kappa shape index (κ3) is 4.42. The molecular weight excluding hydrogens is 531 g/mol. The standard InChI is InChI=1S/C31H25FN2O5S/c1-4-37-25-14-20(10-12-24(25)38-16-19-8-6-5-7-9-19)27-26-28(35)22-15-21(32)11-13-23(22)39-29(26)30(36)34(27)31-33-17(2)18(3)40-31/h5-15,27H,4,16H2,1-3H3. The van der Waals surface area contributed by atoms with Gasteiger partial charge in [-0.3, -0.25) is 14.5 Å². The molecule has 3 heterocycles. The lowest BCUT2D eigenvalue weighted by Crippen LogP contribution is -2.29. The molecule has 40 heavy (non-hydrogen) atoms. The van der Waals surface area contributed by atoms with Crippen LogP contribution in [0.15, 0.2) is 75.9 Å². The second kappa shape index (κ2) is 10.2. The Morgan fingerprint density at radius 1 is 1.00 bits per heavy atom. The van der Waals surface area contributed by atoms with Crippen LogP contribution in [-0.4, -0.2) is 17.5 Å². The number of ether oxygens (including phenoxy) is 2. The minimum Gasteiger partial charge on any atom is -0.490 e. The number of amides is 1. The van der Waals surface area contributed by atoms with Crippen LogP contribution in [0.3, 0.4) is 0 Å². The molecule has 1 unspecified atom stereocenters. The van der Waals surface area contributed by atoms with Crippen molar-refractivity contribution in [1.29, 1.82) is 0 Å². The topological polar surface area (TPSA) is 81.9 Å². The minimum atomic E-state index is -0.862. The van der Waals surface area contributed by atoms with E-state index in [4.69, 9.17) is 13.9 Å². The summed E-state index contributed by atoms with van der Waals surface area (Å²) in [5.41, 5.74) is 2.20. The van der Waals surface area contributed by atoms with Crippen molar-refractivity contribution in [2.75, 3.05) is 11.5 Å². The summed E-state index contributed by atoms with van der Waals surface area (Å²) >= 11 is 1.35. The molecule has 6 rings (SSSR count). The van der Waals surface area contributed by atoms with E-state index in [1.165, 1.54) is 28.4 Å². The lowest BCUT2D eigenvalue weighted by Gasteiger charge is -2.23. The lowest BCUT2D eigenvalue weighted by molar-refractivity contribution is 0.0971. The average Bonchev–Trinajstić information content (AvgIpc) is 3.44. The molecule has 3 aromatic carbocycles. The Morgan fingerprint density at radius 2 is 1.80 bits per heavy atom. The number of anilines is 1. The second-order valence-corrected chi connectivity index (χ2v) is 10.6. The van der Waals surface area contributed by atoms with E-state index in [2.05, 4.69) is 4.98 Å². The zero-order valence-electron chi connectivity index (χ0n) is 22.1. The molecule has 0 N–H and O–H groups in total. The first-order valence-electron chi connectivity index (χ1n) is 12.8. The molecule has 0 spiro atoms.